The van der Waals surface area contributed by atoms with Crippen molar-refractivity contribution in [1.29, 1.82) is 0 Å². The molecule has 0 saturated heterocycles. The minimum absolute atomic E-state index is 0.188. The zero-order chi connectivity index (χ0) is 14.9. The highest BCUT2D eigenvalue weighted by Crippen LogP contribution is 2.43. The number of aromatic nitrogens is 1. The molecule has 0 fully saturated rings. The molecule has 0 saturated carbocycles. The molecule has 4 heteroatoms. The van der Waals surface area contributed by atoms with E-state index in [1.54, 1.807) is 6.20 Å². The number of ether oxygens (including phenoxy) is 2. The summed E-state index contributed by atoms with van der Waals surface area (Å²) in [5.74, 6) is 2.14. The normalized spacial score (nSPS) is 15.4. The first kappa shape index (κ1) is 13.9. The first-order chi connectivity index (χ1) is 10.1. The van der Waals surface area contributed by atoms with Crippen LogP contribution in [0, 0.1) is 0 Å². The predicted octanol–water partition coefficient (Wildman–Crippen LogP) is 3.09. The molecular weight excluding hydrogens is 264 g/mol. The molecule has 4 nitrogen and oxygen atoms in total. The van der Waals surface area contributed by atoms with Crippen LogP contribution in [0.25, 0.3) is 0 Å². The maximum absolute atomic E-state index is 6.02. The summed E-state index contributed by atoms with van der Waals surface area (Å²) in [6, 6.07) is 9.87. The van der Waals surface area contributed by atoms with Crippen molar-refractivity contribution in [2.75, 3.05) is 6.54 Å². The van der Waals surface area contributed by atoms with Gasteiger partial charge in [-0.25, -0.2) is 4.98 Å². The van der Waals surface area contributed by atoms with Crippen molar-refractivity contribution in [3.63, 3.8) is 0 Å². The molecule has 21 heavy (non-hydrogen) atoms. The van der Waals surface area contributed by atoms with Gasteiger partial charge in [-0.3, -0.25) is 0 Å². The Bertz CT molecular complexity index is 653. The average Bonchev–Trinajstić information content (AvgIpc) is 2.76. The summed E-state index contributed by atoms with van der Waals surface area (Å²) in [7, 11) is 0. The smallest absolute Gasteiger partial charge is 0.222 e. The number of nitrogens with two attached hydrogens (primary N) is 1. The molecule has 2 aromatic rings. The van der Waals surface area contributed by atoms with Gasteiger partial charge >= 0.3 is 0 Å². The van der Waals surface area contributed by atoms with Gasteiger partial charge in [0, 0.05) is 23.7 Å². The first-order valence-electron chi connectivity index (χ1n) is 7.22. The molecule has 110 valence electrons. The van der Waals surface area contributed by atoms with Crippen LogP contribution in [0.5, 0.6) is 17.4 Å². The van der Waals surface area contributed by atoms with E-state index in [9.17, 15) is 0 Å². The van der Waals surface area contributed by atoms with Crippen LogP contribution in [0.1, 0.15) is 25.0 Å². The van der Waals surface area contributed by atoms with Gasteiger partial charge < -0.3 is 15.2 Å². The molecule has 0 atom stereocenters. The van der Waals surface area contributed by atoms with Crippen LogP contribution in [0.2, 0.25) is 0 Å². The van der Waals surface area contributed by atoms with Gasteiger partial charge in [0.1, 0.15) is 5.60 Å². The molecule has 1 aromatic heterocycles. The third kappa shape index (κ3) is 2.85. The molecule has 0 spiro atoms. The van der Waals surface area contributed by atoms with E-state index < -0.39 is 0 Å². The molecule has 1 aliphatic heterocycles. The number of pyridine rings is 1. The first-order valence-corrected chi connectivity index (χ1v) is 7.22. The van der Waals surface area contributed by atoms with Crippen molar-refractivity contribution in [2.24, 2.45) is 5.73 Å². The van der Waals surface area contributed by atoms with Crippen LogP contribution in [-0.2, 0) is 12.8 Å². The van der Waals surface area contributed by atoms with Crippen LogP contribution < -0.4 is 15.2 Å². The number of hydrogen-bond acceptors (Lipinski definition) is 4. The Morgan fingerprint density at radius 3 is 2.95 bits per heavy atom. The SMILES string of the molecule is CC1(C)Cc2cccc(Oc3ncccc3CCN)c2O1. The van der Waals surface area contributed by atoms with Gasteiger partial charge in [-0.15, -0.1) is 0 Å². The van der Waals surface area contributed by atoms with E-state index in [1.165, 1.54) is 5.56 Å². The second-order valence-corrected chi connectivity index (χ2v) is 5.89. The van der Waals surface area contributed by atoms with Gasteiger partial charge in [0.2, 0.25) is 5.88 Å². The summed E-state index contributed by atoms with van der Waals surface area (Å²) in [6.45, 7) is 4.73. The second-order valence-electron chi connectivity index (χ2n) is 5.89. The molecule has 3 rings (SSSR count). The van der Waals surface area contributed by atoms with E-state index in [1.807, 2.05) is 24.3 Å². The summed E-state index contributed by atoms with van der Waals surface area (Å²) in [6.07, 6.45) is 3.35. The Morgan fingerprint density at radius 1 is 1.29 bits per heavy atom. The number of rotatable bonds is 4. The highest BCUT2D eigenvalue weighted by atomic mass is 16.5. The number of fused-ring (bicyclic) bond motifs is 1. The Hall–Kier alpha value is -2.07. The maximum Gasteiger partial charge on any atom is 0.222 e. The molecule has 1 aromatic carbocycles. The minimum Gasteiger partial charge on any atom is -0.483 e. The molecule has 0 radical (unpaired) electrons. The van der Waals surface area contributed by atoms with Gasteiger partial charge in [-0.05, 0) is 38.9 Å². The van der Waals surface area contributed by atoms with E-state index in [-0.39, 0.29) is 5.60 Å². The van der Waals surface area contributed by atoms with Crippen molar-refractivity contribution in [2.45, 2.75) is 32.3 Å². The van der Waals surface area contributed by atoms with Crippen LogP contribution in [0.15, 0.2) is 36.5 Å². The van der Waals surface area contributed by atoms with Gasteiger partial charge in [0.15, 0.2) is 11.5 Å². The topological polar surface area (TPSA) is 57.4 Å². The van der Waals surface area contributed by atoms with Crippen LogP contribution in [0.4, 0.5) is 0 Å². The third-order valence-electron chi connectivity index (χ3n) is 3.53. The number of benzene rings is 1. The third-order valence-corrected chi connectivity index (χ3v) is 3.53. The number of para-hydroxylation sites is 1. The zero-order valence-electron chi connectivity index (χ0n) is 12.4. The fourth-order valence-corrected chi connectivity index (χ4v) is 2.63. The van der Waals surface area contributed by atoms with Crippen molar-refractivity contribution in [3.05, 3.63) is 47.7 Å². The predicted molar refractivity (Wildman–Crippen MR) is 81.9 cm³/mol. The number of nitrogens with zero attached hydrogens (tertiary/aromatic N) is 1. The van der Waals surface area contributed by atoms with Crippen molar-refractivity contribution >= 4 is 0 Å². The average molecular weight is 284 g/mol. The summed E-state index contributed by atoms with van der Waals surface area (Å²) >= 11 is 0. The highest BCUT2D eigenvalue weighted by Gasteiger charge is 2.32. The molecule has 0 aliphatic carbocycles. The Kier molecular flexibility index (Phi) is 3.55. The molecule has 0 amide bonds. The fraction of sp³-hybridized carbons (Fsp3) is 0.353. The van der Waals surface area contributed by atoms with E-state index >= 15 is 0 Å². The second kappa shape index (κ2) is 5.37. The lowest BCUT2D eigenvalue weighted by Crippen LogP contribution is -2.24. The van der Waals surface area contributed by atoms with Crippen LogP contribution >= 0.6 is 0 Å². The Balaban J connectivity index is 1.93. The zero-order valence-corrected chi connectivity index (χ0v) is 12.4. The molecule has 0 unspecified atom stereocenters. The van der Waals surface area contributed by atoms with E-state index in [2.05, 4.69) is 24.9 Å². The fourth-order valence-electron chi connectivity index (χ4n) is 2.63. The van der Waals surface area contributed by atoms with Crippen molar-refractivity contribution in [3.8, 4) is 17.4 Å². The maximum atomic E-state index is 6.02. The lowest BCUT2D eigenvalue weighted by atomic mass is 10.0. The minimum atomic E-state index is -0.188. The van der Waals surface area contributed by atoms with Gasteiger partial charge in [-0.2, -0.15) is 0 Å². The summed E-state index contributed by atoms with van der Waals surface area (Å²) < 4.78 is 12.0. The van der Waals surface area contributed by atoms with Crippen LogP contribution in [-0.4, -0.2) is 17.1 Å². The lowest BCUT2D eigenvalue weighted by molar-refractivity contribution is 0.135. The summed E-state index contributed by atoms with van der Waals surface area (Å²) in [4.78, 5) is 4.32. The number of hydrogen-bond donors (Lipinski definition) is 1. The highest BCUT2D eigenvalue weighted by molar-refractivity contribution is 5.51. The van der Waals surface area contributed by atoms with Gasteiger partial charge in [-0.1, -0.05) is 18.2 Å². The summed E-state index contributed by atoms with van der Waals surface area (Å²) in [5.41, 5.74) is 7.64. The van der Waals surface area contributed by atoms with Gasteiger partial charge in [0.25, 0.3) is 0 Å². The Labute approximate surface area is 124 Å². The largest absolute Gasteiger partial charge is 0.483 e. The van der Waals surface area contributed by atoms with Crippen molar-refractivity contribution in [1.82, 2.24) is 4.98 Å². The molecule has 0 bridgehead atoms. The molecule has 2 N–H and O–H groups in total. The van der Waals surface area contributed by atoms with E-state index in [4.69, 9.17) is 15.2 Å². The molecular formula is C17H20N2O2. The Morgan fingerprint density at radius 2 is 2.14 bits per heavy atom. The molecule has 2 heterocycles. The lowest BCUT2D eigenvalue weighted by Gasteiger charge is -2.18. The quantitative estimate of drug-likeness (QED) is 0.937. The molecule has 1 aliphatic rings. The monoisotopic (exact) mass is 284 g/mol. The summed E-state index contributed by atoms with van der Waals surface area (Å²) in [5, 5.41) is 0. The van der Waals surface area contributed by atoms with Crippen LogP contribution in [0.3, 0.4) is 0 Å². The standard InChI is InChI=1S/C17H20N2O2/c1-17(2)11-13-5-3-7-14(15(13)21-17)20-16-12(8-9-18)6-4-10-19-16/h3-7,10H,8-9,11,18H2,1-2H3. The van der Waals surface area contributed by atoms with E-state index in [0.29, 0.717) is 12.4 Å². The van der Waals surface area contributed by atoms with E-state index in [0.717, 1.165) is 29.9 Å². The van der Waals surface area contributed by atoms with Crippen molar-refractivity contribution < 1.29 is 9.47 Å². The van der Waals surface area contributed by atoms with Gasteiger partial charge in [0.05, 0.1) is 0 Å².